The number of benzene rings is 1. The Kier molecular flexibility index (Phi) is 5.22. The minimum absolute atomic E-state index is 0.0893. The standard InChI is InChI=1S/C17H18O5/c1-11(18)9-13(19)10-15(20)17-14-7-3-2-5-12(14)6-4-8-16(21)22-17/h2-5,7-8,13,17,19H,6,9-10H2,1H3/b8-4-/t13-,17+/m0/s1. The minimum Gasteiger partial charge on any atom is -0.446 e. The molecule has 1 heterocycles. The van der Waals surface area contributed by atoms with Crippen LogP contribution in [-0.2, 0) is 25.5 Å². The topological polar surface area (TPSA) is 80.7 Å². The molecule has 116 valence electrons. The maximum atomic E-state index is 12.4. The van der Waals surface area contributed by atoms with Crippen molar-refractivity contribution in [3.05, 3.63) is 47.5 Å². The van der Waals surface area contributed by atoms with Gasteiger partial charge < -0.3 is 9.84 Å². The number of allylic oxidation sites excluding steroid dienone is 1. The van der Waals surface area contributed by atoms with E-state index in [0.29, 0.717) is 12.0 Å². The van der Waals surface area contributed by atoms with Crippen molar-refractivity contribution < 1.29 is 24.2 Å². The SMILES string of the molecule is CC(=O)C[C@H](O)CC(=O)[C@@H]1OC(=O)/C=C\Cc2ccccc21. The molecule has 0 aliphatic carbocycles. The molecule has 1 aromatic rings. The monoisotopic (exact) mass is 302 g/mol. The molecule has 2 atom stereocenters. The summed E-state index contributed by atoms with van der Waals surface area (Å²) in [6.07, 6.45) is 1.09. The van der Waals surface area contributed by atoms with Gasteiger partial charge in [-0.05, 0) is 18.9 Å². The summed E-state index contributed by atoms with van der Waals surface area (Å²) in [7, 11) is 0. The van der Waals surface area contributed by atoms with Crippen molar-refractivity contribution in [1.29, 1.82) is 0 Å². The van der Waals surface area contributed by atoms with E-state index in [1.165, 1.54) is 13.0 Å². The lowest BCUT2D eigenvalue weighted by Crippen LogP contribution is -2.25. The number of ketones is 2. The van der Waals surface area contributed by atoms with Gasteiger partial charge in [-0.25, -0.2) is 4.79 Å². The number of carbonyl (C=O) groups excluding carboxylic acids is 3. The zero-order valence-corrected chi connectivity index (χ0v) is 12.3. The van der Waals surface area contributed by atoms with Crippen LogP contribution >= 0.6 is 0 Å². The maximum Gasteiger partial charge on any atom is 0.331 e. The molecule has 0 spiro atoms. The Bertz CT molecular complexity index is 617. The van der Waals surface area contributed by atoms with Crippen LogP contribution in [0.5, 0.6) is 0 Å². The van der Waals surface area contributed by atoms with Crippen LogP contribution in [-0.4, -0.2) is 28.7 Å². The predicted octanol–water partition coefficient (Wildman–Crippen LogP) is 1.68. The summed E-state index contributed by atoms with van der Waals surface area (Å²) in [4.78, 5) is 35.0. The third-order valence-electron chi connectivity index (χ3n) is 3.42. The van der Waals surface area contributed by atoms with Crippen LogP contribution in [0.3, 0.4) is 0 Å². The summed E-state index contributed by atoms with van der Waals surface area (Å²) < 4.78 is 5.21. The zero-order chi connectivity index (χ0) is 16.1. The van der Waals surface area contributed by atoms with Crippen molar-refractivity contribution in [3.63, 3.8) is 0 Å². The third-order valence-corrected chi connectivity index (χ3v) is 3.42. The molecule has 1 aliphatic heterocycles. The third kappa shape index (κ3) is 4.11. The van der Waals surface area contributed by atoms with Crippen molar-refractivity contribution in [2.45, 2.75) is 38.4 Å². The number of esters is 1. The average molecular weight is 302 g/mol. The largest absolute Gasteiger partial charge is 0.446 e. The van der Waals surface area contributed by atoms with Crippen molar-refractivity contribution in [3.8, 4) is 0 Å². The molecule has 0 saturated carbocycles. The molecule has 5 nitrogen and oxygen atoms in total. The van der Waals surface area contributed by atoms with Gasteiger partial charge in [0, 0.05) is 24.5 Å². The van der Waals surface area contributed by atoms with Crippen LogP contribution in [0, 0.1) is 0 Å². The van der Waals surface area contributed by atoms with Crippen LogP contribution in [0.4, 0.5) is 0 Å². The number of aliphatic hydroxyl groups excluding tert-OH is 1. The number of hydrogen-bond acceptors (Lipinski definition) is 5. The molecular weight excluding hydrogens is 284 g/mol. The molecule has 0 bridgehead atoms. The van der Waals surface area contributed by atoms with Gasteiger partial charge in [-0.3, -0.25) is 9.59 Å². The molecule has 0 unspecified atom stereocenters. The van der Waals surface area contributed by atoms with E-state index >= 15 is 0 Å². The number of hydrogen-bond donors (Lipinski definition) is 1. The molecule has 0 amide bonds. The van der Waals surface area contributed by atoms with E-state index in [0.717, 1.165) is 5.56 Å². The molecule has 1 N–H and O–H groups in total. The number of rotatable bonds is 5. The zero-order valence-electron chi connectivity index (χ0n) is 12.3. The Labute approximate surface area is 128 Å². The quantitative estimate of drug-likeness (QED) is 0.837. The summed E-state index contributed by atoms with van der Waals surface area (Å²) in [5, 5.41) is 9.76. The second-order valence-electron chi connectivity index (χ2n) is 5.35. The highest BCUT2D eigenvalue weighted by molar-refractivity contribution is 5.90. The van der Waals surface area contributed by atoms with E-state index in [4.69, 9.17) is 4.74 Å². The first kappa shape index (κ1) is 16.1. The number of ether oxygens (including phenoxy) is 1. The Morgan fingerprint density at radius 3 is 2.77 bits per heavy atom. The molecular formula is C17H18O5. The van der Waals surface area contributed by atoms with Gasteiger partial charge >= 0.3 is 5.97 Å². The Morgan fingerprint density at radius 2 is 2.05 bits per heavy atom. The highest BCUT2D eigenvalue weighted by atomic mass is 16.5. The lowest BCUT2D eigenvalue weighted by molar-refractivity contribution is -0.152. The van der Waals surface area contributed by atoms with Crippen molar-refractivity contribution in [1.82, 2.24) is 0 Å². The molecule has 0 radical (unpaired) electrons. The summed E-state index contributed by atoms with van der Waals surface area (Å²) in [5.41, 5.74) is 1.52. The highest BCUT2D eigenvalue weighted by Gasteiger charge is 2.29. The van der Waals surface area contributed by atoms with Crippen LogP contribution < -0.4 is 0 Å². The maximum absolute atomic E-state index is 12.4. The van der Waals surface area contributed by atoms with Gasteiger partial charge in [-0.1, -0.05) is 30.3 Å². The molecule has 22 heavy (non-hydrogen) atoms. The highest BCUT2D eigenvalue weighted by Crippen LogP contribution is 2.27. The van der Waals surface area contributed by atoms with E-state index in [1.54, 1.807) is 18.2 Å². The van der Waals surface area contributed by atoms with Crippen molar-refractivity contribution >= 4 is 17.5 Å². The summed E-state index contributed by atoms with van der Waals surface area (Å²) in [6, 6.07) is 7.22. The normalized spacial score (nSPS) is 20.1. The van der Waals surface area contributed by atoms with Gasteiger partial charge in [0.15, 0.2) is 11.9 Å². The molecule has 0 saturated heterocycles. The first-order chi connectivity index (χ1) is 10.5. The summed E-state index contributed by atoms with van der Waals surface area (Å²) >= 11 is 0. The van der Waals surface area contributed by atoms with E-state index in [1.807, 2.05) is 12.1 Å². The van der Waals surface area contributed by atoms with Gasteiger partial charge in [-0.2, -0.15) is 0 Å². The van der Waals surface area contributed by atoms with E-state index in [9.17, 15) is 19.5 Å². The van der Waals surface area contributed by atoms with Gasteiger partial charge in [0.2, 0.25) is 0 Å². The fourth-order valence-electron chi connectivity index (χ4n) is 2.46. The van der Waals surface area contributed by atoms with Gasteiger partial charge in [0.25, 0.3) is 0 Å². The molecule has 2 rings (SSSR count). The van der Waals surface area contributed by atoms with Gasteiger partial charge in [0.05, 0.1) is 6.10 Å². The predicted molar refractivity (Wildman–Crippen MR) is 79.0 cm³/mol. The lowest BCUT2D eigenvalue weighted by atomic mass is 9.93. The fourth-order valence-corrected chi connectivity index (χ4v) is 2.46. The number of fused-ring (bicyclic) bond motifs is 1. The Morgan fingerprint density at radius 1 is 1.32 bits per heavy atom. The molecule has 1 aromatic carbocycles. The molecule has 5 heteroatoms. The second kappa shape index (κ2) is 7.13. The Balaban J connectivity index is 2.23. The summed E-state index contributed by atoms with van der Waals surface area (Å²) in [6.45, 7) is 1.35. The van der Waals surface area contributed by atoms with Gasteiger partial charge in [0.1, 0.15) is 5.78 Å². The molecule has 0 aromatic heterocycles. The van der Waals surface area contributed by atoms with E-state index in [-0.39, 0.29) is 18.6 Å². The first-order valence-corrected chi connectivity index (χ1v) is 7.12. The minimum atomic E-state index is -1.06. The van der Waals surface area contributed by atoms with Crippen LogP contribution in [0.1, 0.15) is 37.0 Å². The van der Waals surface area contributed by atoms with E-state index < -0.39 is 24.0 Å². The molecule has 1 aliphatic rings. The lowest BCUT2D eigenvalue weighted by Gasteiger charge is -2.21. The van der Waals surface area contributed by atoms with Crippen molar-refractivity contribution in [2.24, 2.45) is 0 Å². The summed E-state index contributed by atoms with van der Waals surface area (Å²) in [5.74, 6) is -1.20. The second-order valence-corrected chi connectivity index (χ2v) is 5.35. The first-order valence-electron chi connectivity index (χ1n) is 7.12. The number of aliphatic hydroxyl groups is 1. The van der Waals surface area contributed by atoms with Crippen LogP contribution in [0.15, 0.2) is 36.4 Å². The van der Waals surface area contributed by atoms with Crippen molar-refractivity contribution in [2.75, 3.05) is 0 Å². The van der Waals surface area contributed by atoms with E-state index in [2.05, 4.69) is 0 Å². The Hall–Kier alpha value is -2.27. The van der Waals surface area contributed by atoms with Gasteiger partial charge in [-0.15, -0.1) is 0 Å². The number of carbonyl (C=O) groups is 3. The van der Waals surface area contributed by atoms with Crippen LogP contribution in [0.2, 0.25) is 0 Å². The molecule has 0 fully saturated rings. The number of Topliss-reactive ketones (excluding diaryl/α,β-unsaturated/α-hetero) is 2. The number of cyclic esters (lactones) is 1. The smallest absolute Gasteiger partial charge is 0.331 e. The average Bonchev–Trinajstić information content (AvgIpc) is 2.42. The van der Waals surface area contributed by atoms with Crippen LogP contribution in [0.25, 0.3) is 0 Å². The fraction of sp³-hybridized carbons (Fsp3) is 0.353.